The minimum absolute atomic E-state index is 0.00908. The van der Waals surface area contributed by atoms with Crippen molar-refractivity contribution in [3.63, 3.8) is 0 Å². The highest BCUT2D eigenvalue weighted by Crippen LogP contribution is 2.65. The molecule has 2 saturated carbocycles. The zero-order chi connectivity index (χ0) is 26.9. The second-order valence-corrected chi connectivity index (χ2v) is 13.0. The van der Waals surface area contributed by atoms with Gasteiger partial charge in [0.05, 0.1) is 17.9 Å². The van der Waals surface area contributed by atoms with Crippen LogP contribution in [-0.4, -0.2) is 69.9 Å². The molecule has 38 heavy (non-hydrogen) atoms. The van der Waals surface area contributed by atoms with Crippen molar-refractivity contribution in [1.82, 2.24) is 14.9 Å². The van der Waals surface area contributed by atoms with Crippen molar-refractivity contribution < 1.29 is 14.7 Å². The van der Waals surface area contributed by atoms with Gasteiger partial charge in [-0.1, -0.05) is 31.1 Å². The van der Waals surface area contributed by atoms with Gasteiger partial charge >= 0.3 is 0 Å². The van der Waals surface area contributed by atoms with Crippen LogP contribution in [0.1, 0.15) is 70.2 Å². The predicted octanol–water partition coefficient (Wildman–Crippen LogP) is 3.97. The standard InChI is InChI=1S/C31H42N4O3/c1-20-18-32-21(2)28(33-20)35-15-13-34(14-16-35)19-27(37)31(38)12-9-26-24-6-5-22-17-23(36)7-10-29(22,3)25(24)8-11-30(26,31)4/h8,17-18,24,26,38H,5-7,9-16,19H2,1-4H3/t24-,26+,29+,30+,31+/m1/s1. The summed E-state index contributed by atoms with van der Waals surface area (Å²) in [5.41, 5.74) is 2.88. The minimum Gasteiger partial charge on any atom is -0.381 e. The molecule has 204 valence electrons. The van der Waals surface area contributed by atoms with Crippen LogP contribution in [0.4, 0.5) is 5.82 Å². The van der Waals surface area contributed by atoms with E-state index in [1.807, 2.05) is 19.9 Å². The van der Waals surface area contributed by atoms with Crippen molar-refractivity contribution in [3.8, 4) is 0 Å². The fourth-order valence-corrected chi connectivity index (χ4v) is 8.60. The Balaban J connectivity index is 1.16. The molecule has 4 aliphatic carbocycles. The van der Waals surface area contributed by atoms with E-state index in [0.717, 1.165) is 75.5 Å². The van der Waals surface area contributed by atoms with Gasteiger partial charge in [0.25, 0.3) is 0 Å². The molecule has 0 spiro atoms. The van der Waals surface area contributed by atoms with E-state index in [0.29, 0.717) is 31.2 Å². The molecule has 1 aromatic heterocycles. The number of nitrogens with zero attached hydrogens (tertiary/aromatic N) is 4. The molecular weight excluding hydrogens is 476 g/mol. The molecule has 1 aliphatic heterocycles. The van der Waals surface area contributed by atoms with E-state index in [1.54, 1.807) is 6.20 Å². The van der Waals surface area contributed by atoms with Crippen LogP contribution in [0.15, 0.2) is 29.5 Å². The van der Waals surface area contributed by atoms with Gasteiger partial charge < -0.3 is 10.0 Å². The first-order chi connectivity index (χ1) is 18.0. The Morgan fingerprint density at radius 3 is 2.63 bits per heavy atom. The first-order valence-electron chi connectivity index (χ1n) is 14.5. The summed E-state index contributed by atoms with van der Waals surface area (Å²) >= 11 is 0. The monoisotopic (exact) mass is 518 g/mol. The molecule has 5 aliphatic rings. The van der Waals surface area contributed by atoms with Crippen LogP contribution in [-0.2, 0) is 9.59 Å². The molecule has 0 aromatic carbocycles. The third-order valence-electron chi connectivity index (χ3n) is 11.0. The van der Waals surface area contributed by atoms with Crippen LogP contribution in [0.5, 0.6) is 0 Å². The van der Waals surface area contributed by atoms with E-state index in [1.165, 1.54) is 11.1 Å². The molecule has 0 radical (unpaired) electrons. The Labute approximate surface area is 226 Å². The number of hydrogen-bond acceptors (Lipinski definition) is 7. The van der Waals surface area contributed by atoms with E-state index in [4.69, 9.17) is 0 Å². The quantitative estimate of drug-likeness (QED) is 0.604. The van der Waals surface area contributed by atoms with Crippen LogP contribution in [0.2, 0.25) is 0 Å². The van der Waals surface area contributed by atoms with Crippen molar-refractivity contribution in [2.45, 2.75) is 78.2 Å². The van der Waals surface area contributed by atoms with Gasteiger partial charge in [0.2, 0.25) is 0 Å². The van der Waals surface area contributed by atoms with Crippen LogP contribution < -0.4 is 4.90 Å². The molecule has 0 unspecified atom stereocenters. The number of rotatable bonds is 4. The van der Waals surface area contributed by atoms with Crippen molar-refractivity contribution in [2.24, 2.45) is 22.7 Å². The van der Waals surface area contributed by atoms with Gasteiger partial charge in [0.15, 0.2) is 11.6 Å². The molecule has 0 amide bonds. The molecule has 3 fully saturated rings. The van der Waals surface area contributed by atoms with Gasteiger partial charge in [-0.25, -0.2) is 4.98 Å². The van der Waals surface area contributed by atoms with Gasteiger partial charge in [0.1, 0.15) is 11.4 Å². The molecule has 1 N–H and O–H groups in total. The summed E-state index contributed by atoms with van der Waals surface area (Å²) in [6.07, 6.45) is 11.8. The van der Waals surface area contributed by atoms with Gasteiger partial charge in [-0.15, -0.1) is 0 Å². The number of carbonyl (C=O) groups excluding carboxylic acids is 2. The molecule has 7 nitrogen and oxygen atoms in total. The number of Topliss-reactive ketones (excluding diaryl/α,β-unsaturated/α-hetero) is 1. The van der Waals surface area contributed by atoms with Gasteiger partial charge in [-0.2, -0.15) is 0 Å². The second kappa shape index (κ2) is 9.09. The SMILES string of the molecule is Cc1cnc(C)c(N2CCN(CC(=O)[C@@]3(O)CC[C@H]4[C@@H]5CCC6=CC(=O)CC[C@]6(C)C5=CC[C@@]43C)CC2)n1. The zero-order valence-corrected chi connectivity index (χ0v) is 23.4. The summed E-state index contributed by atoms with van der Waals surface area (Å²) < 4.78 is 0. The van der Waals surface area contributed by atoms with Crippen molar-refractivity contribution in [1.29, 1.82) is 0 Å². The molecule has 5 atom stereocenters. The highest BCUT2D eigenvalue weighted by Gasteiger charge is 2.64. The van der Waals surface area contributed by atoms with Crippen LogP contribution in [0, 0.1) is 36.5 Å². The molecule has 6 rings (SSSR count). The molecule has 7 heteroatoms. The lowest BCUT2D eigenvalue weighted by Gasteiger charge is -2.54. The topological polar surface area (TPSA) is 86.6 Å². The highest BCUT2D eigenvalue weighted by molar-refractivity contribution is 5.92. The maximum atomic E-state index is 13.8. The Hall–Kier alpha value is -2.38. The first-order valence-corrected chi connectivity index (χ1v) is 14.5. The molecule has 2 heterocycles. The Bertz CT molecular complexity index is 1230. The fraction of sp³-hybridized carbons (Fsp3) is 0.677. The number of carbonyl (C=O) groups is 2. The summed E-state index contributed by atoms with van der Waals surface area (Å²) in [6, 6.07) is 0. The van der Waals surface area contributed by atoms with Crippen LogP contribution >= 0.6 is 0 Å². The fourth-order valence-electron chi connectivity index (χ4n) is 8.60. The third kappa shape index (κ3) is 3.83. The number of anilines is 1. The van der Waals surface area contributed by atoms with E-state index in [-0.39, 0.29) is 17.0 Å². The first kappa shape index (κ1) is 25.9. The number of ketones is 2. The summed E-state index contributed by atoms with van der Waals surface area (Å²) in [7, 11) is 0. The molecule has 0 bridgehead atoms. The minimum atomic E-state index is -1.28. The average Bonchev–Trinajstić information content (AvgIpc) is 3.18. The largest absolute Gasteiger partial charge is 0.381 e. The highest BCUT2D eigenvalue weighted by atomic mass is 16.3. The maximum Gasteiger partial charge on any atom is 0.178 e. The number of hydrogen-bond donors (Lipinski definition) is 1. The van der Waals surface area contributed by atoms with Gasteiger partial charge in [0, 0.05) is 49.6 Å². The van der Waals surface area contributed by atoms with Gasteiger partial charge in [-0.3, -0.25) is 19.5 Å². The predicted molar refractivity (Wildman–Crippen MR) is 147 cm³/mol. The number of aryl methyl sites for hydroxylation is 2. The average molecular weight is 519 g/mol. The molecule has 1 aromatic rings. The summed E-state index contributed by atoms with van der Waals surface area (Å²) in [6.45, 7) is 11.9. The third-order valence-corrected chi connectivity index (χ3v) is 11.0. The lowest BCUT2D eigenvalue weighted by atomic mass is 9.50. The van der Waals surface area contributed by atoms with Crippen molar-refractivity contribution >= 4 is 17.4 Å². The van der Waals surface area contributed by atoms with E-state index in [9.17, 15) is 14.7 Å². The number of piperazine rings is 1. The lowest BCUT2D eigenvalue weighted by molar-refractivity contribution is -0.154. The summed E-state index contributed by atoms with van der Waals surface area (Å²) in [5.74, 6) is 1.90. The van der Waals surface area contributed by atoms with Crippen molar-refractivity contribution in [3.05, 3.63) is 40.9 Å². The number of aliphatic hydroxyl groups is 1. The second-order valence-electron chi connectivity index (χ2n) is 13.0. The number of aromatic nitrogens is 2. The maximum absolute atomic E-state index is 13.8. The Morgan fingerprint density at radius 1 is 1.11 bits per heavy atom. The normalized spacial score (nSPS) is 37.2. The lowest BCUT2D eigenvalue weighted by Crippen LogP contribution is -2.58. The number of fused-ring (bicyclic) bond motifs is 5. The van der Waals surface area contributed by atoms with Crippen LogP contribution in [0.3, 0.4) is 0 Å². The van der Waals surface area contributed by atoms with Gasteiger partial charge in [-0.05, 0) is 70.3 Å². The number of allylic oxidation sites excluding steroid dienone is 4. The van der Waals surface area contributed by atoms with Crippen molar-refractivity contribution in [2.75, 3.05) is 37.6 Å². The molecular formula is C31H42N4O3. The van der Waals surface area contributed by atoms with E-state index in [2.05, 4.69) is 39.7 Å². The summed E-state index contributed by atoms with van der Waals surface area (Å²) in [4.78, 5) is 39.6. The Kier molecular flexibility index (Phi) is 6.19. The Morgan fingerprint density at radius 2 is 1.87 bits per heavy atom. The molecule has 1 saturated heterocycles. The van der Waals surface area contributed by atoms with Crippen LogP contribution in [0.25, 0.3) is 0 Å². The summed E-state index contributed by atoms with van der Waals surface area (Å²) in [5, 5.41) is 12.1. The van der Waals surface area contributed by atoms with E-state index >= 15 is 0 Å². The smallest absolute Gasteiger partial charge is 0.178 e. The zero-order valence-electron chi connectivity index (χ0n) is 23.4. The van der Waals surface area contributed by atoms with E-state index < -0.39 is 11.0 Å².